The van der Waals surface area contributed by atoms with Gasteiger partial charge in [-0.3, -0.25) is 14.3 Å². The van der Waals surface area contributed by atoms with E-state index < -0.39 is 47.8 Å². The standard InChI is InChI=1S/C11H12F2N2O5S/c1-3(16)8(21)7-5(13)6(17)10(20-7)15-2-4(12)9(18)14-11(15)19/h2-3,5-7,10,16-17H,1H3,(H,14,18,19)/t3?,5-,6-,7+,10-/m1/s1. The van der Waals surface area contributed by atoms with Gasteiger partial charge in [0.1, 0.15) is 12.2 Å². The molecule has 2 rings (SSSR count). The zero-order chi connectivity index (χ0) is 15.9. The fraction of sp³-hybridized carbons (Fsp3) is 0.545. The minimum absolute atomic E-state index is 0.193. The molecule has 0 aromatic carbocycles. The summed E-state index contributed by atoms with van der Waals surface area (Å²) in [6.07, 6.45) is -7.47. The third kappa shape index (κ3) is 2.79. The summed E-state index contributed by atoms with van der Waals surface area (Å²) in [4.78, 5) is 24.0. The van der Waals surface area contributed by atoms with Crippen molar-refractivity contribution >= 4 is 17.1 Å². The maximum atomic E-state index is 14.0. The second-order valence-corrected chi connectivity index (χ2v) is 5.08. The zero-order valence-corrected chi connectivity index (χ0v) is 11.5. The van der Waals surface area contributed by atoms with Gasteiger partial charge in [-0.15, -0.1) is 0 Å². The van der Waals surface area contributed by atoms with Crippen LogP contribution in [-0.2, 0) is 4.74 Å². The number of aromatic amines is 1. The average molecular weight is 322 g/mol. The molecular weight excluding hydrogens is 310 g/mol. The number of alkyl halides is 1. The third-order valence-corrected chi connectivity index (χ3v) is 3.66. The highest BCUT2D eigenvalue weighted by atomic mass is 32.1. The van der Waals surface area contributed by atoms with Gasteiger partial charge in [-0.1, -0.05) is 12.2 Å². The third-order valence-electron chi connectivity index (χ3n) is 3.08. The number of aromatic nitrogens is 2. The average Bonchev–Trinajstić information content (AvgIpc) is 2.70. The van der Waals surface area contributed by atoms with Crippen molar-refractivity contribution in [1.29, 1.82) is 0 Å². The van der Waals surface area contributed by atoms with Crippen molar-refractivity contribution in [1.82, 2.24) is 9.55 Å². The number of H-pyrrole nitrogens is 1. The molecule has 21 heavy (non-hydrogen) atoms. The number of hydrogen-bond acceptors (Lipinski definition) is 6. The number of halogens is 2. The molecule has 0 spiro atoms. The van der Waals surface area contributed by atoms with Crippen molar-refractivity contribution in [2.75, 3.05) is 0 Å². The maximum Gasteiger partial charge on any atom is 0.330 e. The first-order valence-corrected chi connectivity index (χ1v) is 6.35. The summed E-state index contributed by atoms with van der Waals surface area (Å²) in [5, 5.41) is 19.1. The molecular formula is C11H12F2N2O5S. The summed E-state index contributed by atoms with van der Waals surface area (Å²) in [5.74, 6) is -1.29. The molecule has 0 amide bonds. The van der Waals surface area contributed by atoms with Crippen molar-refractivity contribution < 1.29 is 23.7 Å². The van der Waals surface area contributed by atoms with E-state index >= 15 is 0 Å². The Bertz CT molecular complexity index is 673. The lowest BCUT2D eigenvalue weighted by atomic mass is 10.1. The van der Waals surface area contributed by atoms with Crippen LogP contribution in [0.2, 0.25) is 0 Å². The Balaban J connectivity index is 2.38. The molecule has 1 aromatic heterocycles. The molecule has 10 heteroatoms. The molecule has 2 heterocycles. The lowest BCUT2D eigenvalue weighted by Crippen LogP contribution is -2.38. The molecule has 7 nitrogen and oxygen atoms in total. The van der Waals surface area contributed by atoms with E-state index in [-0.39, 0.29) is 4.86 Å². The lowest BCUT2D eigenvalue weighted by molar-refractivity contribution is -0.0264. The van der Waals surface area contributed by atoms with E-state index in [1.54, 1.807) is 4.98 Å². The fourth-order valence-corrected chi connectivity index (χ4v) is 2.17. The first-order valence-electron chi connectivity index (χ1n) is 5.94. The molecule has 0 saturated carbocycles. The Morgan fingerprint density at radius 1 is 1.57 bits per heavy atom. The monoisotopic (exact) mass is 322 g/mol. The van der Waals surface area contributed by atoms with E-state index in [1.165, 1.54) is 6.92 Å². The molecule has 116 valence electrons. The summed E-state index contributed by atoms with van der Waals surface area (Å²) in [5.41, 5.74) is -2.31. The van der Waals surface area contributed by atoms with Crippen molar-refractivity contribution in [3.05, 3.63) is 32.9 Å². The van der Waals surface area contributed by atoms with Crippen LogP contribution in [0.25, 0.3) is 0 Å². The lowest BCUT2D eigenvalue weighted by Gasteiger charge is -2.17. The van der Waals surface area contributed by atoms with Crippen LogP contribution in [0.15, 0.2) is 15.8 Å². The van der Waals surface area contributed by atoms with Crippen LogP contribution < -0.4 is 11.2 Å². The second kappa shape index (κ2) is 5.72. The number of hydrogen-bond donors (Lipinski definition) is 3. The summed E-state index contributed by atoms with van der Waals surface area (Å²) in [6, 6.07) is 0. The van der Waals surface area contributed by atoms with Crippen molar-refractivity contribution in [3.63, 3.8) is 0 Å². The van der Waals surface area contributed by atoms with E-state index in [2.05, 4.69) is 0 Å². The summed E-state index contributed by atoms with van der Waals surface area (Å²) >= 11 is 4.80. The van der Waals surface area contributed by atoms with Crippen LogP contribution in [0, 0.1) is 5.82 Å². The highest BCUT2D eigenvalue weighted by molar-refractivity contribution is 7.80. The quantitative estimate of drug-likeness (QED) is 0.618. The Morgan fingerprint density at radius 2 is 2.19 bits per heavy atom. The Kier molecular flexibility index (Phi) is 4.33. The van der Waals surface area contributed by atoms with Crippen LogP contribution in [0.3, 0.4) is 0 Å². The molecule has 1 unspecified atom stereocenters. The van der Waals surface area contributed by atoms with Crippen molar-refractivity contribution in [3.8, 4) is 0 Å². The molecule has 5 atom stereocenters. The Hall–Kier alpha value is -1.49. The predicted octanol–water partition coefficient (Wildman–Crippen LogP) is -0.977. The first kappa shape index (κ1) is 15.9. The van der Waals surface area contributed by atoms with Gasteiger partial charge in [-0.05, 0) is 6.92 Å². The van der Waals surface area contributed by atoms with E-state index in [0.29, 0.717) is 10.8 Å². The van der Waals surface area contributed by atoms with E-state index in [4.69, 9.17) is 17.0 Å². The molecule has 0 bridgehead atoms. The molecule has 1 aliphatic rings. The minimum atomic E-state index is -2.00. The van der Waals surface area contributed by atoms with Gasteiger partial charge in [0, 0.05) is 0 Å². The number of nitrogens with zero attached hydrogens (tertiary/aromatic N) is 1. The van der Waals surface area contributed by atoms with Gasteiger partial charge in [-0.25, -0.2) is 9.18 Å². The maximum absolute atomic E-state index is 14.0. The predicted molar refractivity (Wildman–Crippen MR) is 70.4 cm³/mol. The van der Waals surface area contributed by atoms with E-state index in [9.17, 15) is 28.6 Å². The van der Waals surface area contributed by atoms with Crippen LogP contribution in [0.1, 0.15) is 13.2 Å². The van der Waals surface area contributed by atoms with E-state index in [1.807, 2.05) is 0 Å². The molecule has 3 N–H and O–H groups in total. The van der Waals surface area contributed by atoms with Gasteiger partial charge in [-0.2, -0.15) is 4.39 Å². The molecule has 1 saturated heterocycles. The fourth-order valence-electron chi connectivity index (χ4n) is 1.98. The molecule has 1 fully saturated rings. The number of ether oxygens (including phenoxy) is 1. The Labute approximate surface area is 121 Å². The number of aliphatic hydroxyl groups excluding tert-OH is 2. The van der Waals surface area contributed by atoms with Crippen LogP contribution in [-0.4, -0.2) is 49.1 Å². The topological polar surface area (TPSA) is 105 Å². The van der Waals surface area contributed by atoms with Gasteiger partial charge in [0.25, 0.3) is 5.56 Å². The van der Waals surface area contributed by atoms with Crippen LogP contribution >= 0.6 is 12.2 Å². The van der Waals surface area contributed by atoms with E-state index in [0.717, 1.165) is 0 Å². The van der Waals surface area contributed by atoms with Gasteiger partial charge in [0.05, 0.1) is 17.2 Å². The Morgan fingerprint density at radius 3 is 2.76 bits per heavy atom. The molecule has 1 aromatic rings. The van der Waals surface area contributed by atoms with Gasteiger partial charge in [0.15, 0.2) is 12.4 Å². The molecule has 1 aliphatic heterocycles. The summed E-state index contributed by atoms with van der Waals surface area (Å²) in [6.45, 7) is 1.30. The van der Waals surface area contributed by atoms with Crippen LogP contribution in [0.4, 0.5) is 8.78 Å². The van der Waals surface area contributed by atoms with Gasteiger partial charge in [0.2, 0.25) is 5.82 Å². The smallest absolute Gasteiger partial charge is 0.330 e. The minimum Gasteiger partial charge on any atom is -0.388 e. The highest BCUT2D eigenvalue weighted by Gasteiger charge is 2.48. The largest absolute Gasteiger partial charge is 0.388 e. The second-order valence-electron chi connectivity index (χ2n) is 4.60. The van der Waals surface area contributed by atoms with Gasteiger partial charge >= 0.3 is 5.69 Å². The number of thiocarbonyl (C=S) groups is 1. The van der Waals surface area contributed by atoms with Crippen LogP contribution in [0.5, 0.6) is 0 Å². The normalized spacial score (nSPS) is 30.3. The zero-order valence-electron chi connectivity index (χ0n) is 10.7. The number of rotatable bonds is 3. The highest BCUT2D eigenvalue weighted by Crippen LogP contribution is 2.32. The molecule has 0 radical (unpaired) electrons. The van der Waals surface area contributed by atoms with Crippen molar-refractivity contribution in [2.24, 2.45) is 0 Å². The summed E-state index contributed by atoms with van der Waals surface area (Å²) in [7, 11) is 0. The summed E-state index contributed by atoms with van der Waals surface area (Å²) < 4.78 is 32.9. The molecule has 0 aliphatic carbocycles. The van der Waals surface area contributed by atoms with Crippen molar-refractivity contribution in [2.45, 2.75) is 37.6 Å². The van der Waals surface area contributed by atoms with Gasteiger partial charge < -0.3 is 14.9 Å². The SMILES string of the molecule is CC(O)C(=S)[C@H]1O[C@@H](n2cc(F)c(=O)[nH]c2=O)[C@H](O)[C@H]1F. The number of aliphatic hydroxyl groups is 2. The number of nitrogens with one attached hydrogen (secondary N) is 1. The first-order chi connectivity index (χ1) is 9.73.